The van der Waals surface area contributed by atoms with Gasteiger partial charge in [0.2, 0.25) is 0 Å². The first-order valence-corrected chi connectivity index (χ1v) is 9.00. The van der Waals surface area contributed by atoms with Crippen LogP contribution in [0.15, 0.2) is 30.3 Å². The number of pyridine rings is 1. The molecule has 0 bridgehead atoms. The van der Waals surface area contributed by atoms with Crippen LogP contribution < -0.4 is 0 Å². The number of carbonyl (C=O) groups is 1. The van der Waals surface area contributed by atoms with Gasteiger partial charge in [-0.3, -0.25) is 4.79 Å². The summed E-state index contributed by atoms with van der Waals surface area (Å²) in [6, 6.07) is 8.61. The maximum absolute atomic E-state index is 12.7. The van der Waals surface area contributed by atoms with Gasteiger partial charge in [0.15, 0.2) is 0 Å². The fourth-order valence-electron chi connectivity index (χ4n) is 2.82. The lowest BCUT2D eigenvalue weighted by Crippen LogP contribution is -2.38. The Morgan fingerprint density at radius 3 is 2.58 bits per heavy atom. The summed E-state index contributed by atoms with van der Waals surface area (Å²) in [6.45, 7) is 3.76. The number of nitrogens with zero attached hydrogens (tertiary/aromatic N) is 2. The van der Waals surface area contributed by atoms with E-state index in [0.717, 1.165) is 25.9 Å². The first-order valence-electron chi connectivity index (χ1n) is 7.87. The summed E-state index contributed by atoms with van der Waals surface area (Å²) in [6.07, 6.45) is 2.06. The number of hydrogen-bond acceptors (Lipinski definition) is 2. The molecule has 0 unspecified atom stereocenters. The molecule has 0 atom stereocenters. The van der Waals surface area contributed by atoms with Crippen LogP contribution in [0.5, 0.6) is 0 Å². The number of benzene rings is 1. The summed E-state index contributed by atoms with van der Waals surface area (Å²) < 4.78 is 0. The van der Waals surface area contributed by atoms with Crippen molar-refractivity contribution in [2.45, 2.75) is 19.8 Å². The maximum Gasteiger partial charge on any atom is 0.272 e. The quantitative estimate of drug-likeness (QED) is 0.634. The summed E-state index contributed by atoms with van der Waals surface area (Å²) in [7, 11) is 0. The topological polar surface area (TPSA) is 33.2 Å². The fraction of sp³-hybridized carbons (Fsp3) is 0.333. The number of halogens is 3. The van der Waals surface area contributed by atoms with Crippen molar-refractivity contribution in [3.63, 3.8) is 0 Å². The Balaban J connectivity index is 1.91. The number of likely N-dealkylation sites (tertiary alicyclic amines) is 1. The van der Waals surface area contributed by atoms with Crippen LogP contribution in [0.2, 0.25) is 15.1 Å². The van der Waals surface area contributed by atoms with Gasteiger partial charge < -0.3 is 4.90 Å². The smallest absolute Gasteiger partial charge is 0.272 e. The van der Waals surface area contributed by atoms with Crippen LogP contribution in [-0.2, 0) is 0 Å². The van der Waals surface area contributed by atoms with Gasteiger partial charge in [0.05, 0.1) is 15.7 Å². The lowest BCUT2D eigenvalue weighted by Gasteiger charge is -2.30. The molecule has 1 aromatic heterocycles. The molecule has 3 nitrogen and oxygen atoms in total. The number of aromatic nitrogens is 1. The second kappa shape index (κ2) is 7.30. The molecule has 1 amide bonds. The number of amides is 1. The third kappa shape index (κ3) is 3.69. The highest BCUT2D eigenvalue weighted by Gasteiger charge is 2.22. The molecule has 126 valence electrons. The number of carbonyl (C=O) groups excluding carboxylic acids is 1. The predicted molar refractivity (Wildman–Crippen MR) is 99.0 cm³/mol. The van der Waals surface area contributed by atoms with Crippen molar-refractivity contribution < 1.29 is 4.79 Å². The molecule has 6 heteroatoms. The van der Waals surface area contributed by atoms with Crippen molar-refractivity contribution in [3.8, 4) is 11.3 Å². The van der Waals surface area contributed by atoms with Gasteiger partial charge in [-0.05, 0) is 43.0 Å². The lowest BCUT2D eigenvalue weighted by molar-refractivity contribution is 0.0691. The molecule has 1 aliphatic heterocycles. The summed E-state index contributed by atoms with van der Waals surface area (Å²) >= 11 is 18.4. The SMILES string of the molecule is CC1CCN(C(=O)c2cccc(-c3cc(Cl)cc(Cl)c3Cl)n2)CC1. The van der Waals surface area contributed by atoms with Gasteiger partial charge in [-0.2, -0.15) is 0 Å². The zero-order valence-corrected chi connectivity index (χ0v) is 15.5. The van der Waals surface area contributed by atoms with Crippen molar-refractivity contribution in [1.82, 2.24) is 9.88 Å². The molecule has 2 heterocycles. The van der Waals surface area contributed by atoms with E-state index in [1.165, 1.54) is 0 Å². The van der Waals surface area contributed by atoms with Crippen molar-refractivity contribution >= 4 is 40.7 Å². The van der Waals surface area contributed by atoms with Gasteiger partial charge >= 0.3 is 0 Å². The van der Waals surface area contributed by atoms with Crippen LogP contribution >= 0.6 is 34.8 Å². The Kier molecular flexibility index (Phi) is 5.33. The Morgan fingerprint density at radius 1 is 1.17 bits per heavy atom. The second-order valence-corrected chi connectivity index (χ2v) is 7.35. The third-order valence-corrected chi connectivity index (χ3v) is 5.33. The average Bonchev–Trinajstić information content (AvgIpc) is 2.58. The van der Waals surface area contributed by atoms with E-state index in [9.17, 15) is 4.79 Å². The van der Waals surface area contributed by atoms with Crippen LogP contribution in [-0.4, -0.2) is 28.9 Å². The molecule has 0 N–H and O–H groups in total. The Hall–Kier alpha value is -1.29. The molecular formula is C18H17Cl3N2O. The Bertz CT molecular complexity index is 771. The van der Waals surface area contributed by atoms with Gasteiger partial charge in [0.25, 0.3) is 5.91 Å². The minimum atomic E-state index is -0.0482. The molecular weight excluding hydrogens is 367 g/mol. The molecule has 2 aromatic rings. The normalized spacial score (nSPS) is 15.6. The van der Waals surface area contributed by atoms with E-state index < -0.39 is 0 Å². The monoisotopic (exact) mass is 382 g/mol. The van der Waals surface area contributed by atoms with Crippen LogP contribution in [0, 0.1) is 5.92 Å². The number of hydrogen-bond donors (Lipinski definition) is 0. The van der Waals surface area contributed by atoms with Crippen LogP contribution in [0.1, 0.15) is 30.3 Å². The zero-order chi connectivity index (χ0) is 17.3. The van der Waals surface area contributed by atoms with Gasteiger partial charge in [-0.25, -0.2) is 4.98 Å². The molecule has 1 saturated heterocycles. The molecule has 1 aromatic carbocycles. The molecule has 1 fully saturated rings. The molecule has 0 aliphatic carbocycles. The maximum atomic E-state index is 12.7. The number of rotatable bonds is 2. The summed E-state index contributed by atoms with van der Waals surface area (Å²) in [5.74, 6) is 0.619. The predicted octanol–water partition coefficient (Wildman–Crippen LogP) is 5.58. The van der Waals surface area contributed by atoms with Crippen LogP contribution in [0.4, 0.5) is 0 Å². The van der Waals surface area contributed by atoms with E-state index in [4.69, 9.17) is 34.8 Å². The van der Waals surface area contributed by atoms with Gasteiger partial charge in [-0.15, -0.1) is 0 Å². The molecule has 0 radical (unpaired) electrons. The largest absolute Gasteiger partial charge is 0.337 e. The van der Waals surface area contributed by atoms with Crippen molar-refractivity contribution in [2.75, 3.05) is 13.1 Å². The van der Waals surface area contributed by atoms with E-state index >= 15 is 0 Å². The standard InChI is InChI=1S/C18H17Cl3N2O/c1-11-5-7-23(8-6-11)18(24)16-4-2-3-15(22-16)13-9-12(19)10-14(20)17(13)21/h2-4,9-11H,5-8H2,1H3. The van der Waals surface area contributed by atoms with Crippen molar-refractivity contribution in [1.29, 1.82) is 0 Å². The Labute approximate surface area is 156 Å². The first-order chi connectivity index (χ1) is 11.5. The second-order valence-electron chi connectivity index (χ2n) is 6.13. The summed E-state index contributed by atoms with van der Waals surface area (Å²) in [5, 5.41) is 1.22. The molecule has 0 saturated carbocycles. The highest BCUT2D eigenvalue weighted by atomic mass is 35.5. The summed E-state index contributed by atoms with van der Waals surface area (Å²) in [5.41, 5.74) is 1.62. The zero-order valence-electron chi connectivity index (χ0n) is 13.2. The molecule has 0 spiro atoms. The lowest BCUT2D eigenvalue weighted by atomic mass is 9.99. The minimum Gasteiger partial charge on any atom is -0.337 e. The van der Waals surface area contributed by atoms with Crippen LogP contribution in [0.3, 0.4) is 0 Å². The van der Waals surface area contributed by atoms with E-state index in [0.29, 0.717) is 37.9 Å². The van der Waals surface area contributed by atoms with Gasteiger partial charge in [-0.1, -0.05) is 47.8 Å². The molecule has 1 aliphatic rings. The van der Waals surface area contributed by atoms with E-state index in [1.807, 2.05) is 4.90 Å². The number of piperidine rings is 1. The van der Waals surface area contributed by atoms with E-state index in [2.05, 4.69) is 11.9 Å². The van der Waals surface area contributed by atoms with Crippen molar-refractivity contribution in [3.05, 3.63) is 51.1 Å². The van der Waals surface area contributed by atoms with E-state index in [1.54, 1.807) is 30.3 Å². The third-order valence-electron chi connectivity index (χ3n) is 4.31. The average molecular weight is 384 g/mol. The van der Waals surface area contributed by atoms with Gasteiger partial charge in [0.1, 0.15) is 5.69 Å². The molecule has 24 heavy (non-hydrogen) atoms. The molecule has 3 rings (SSSR count). The van der Waals surface area contributed by atoms with Crippen LogP contribution in [0.25, 0.3) is 11.3 Å². The highest BCUT2D eigenvalue weighted by molar-refractivity contribution is 6.45. The summed E-state index contributed by atoms with van der Waals surface area (Å²) in [4.78, 5) is 19.0. The van der Waals surface area contributed by atoms with E-state index in [-0.39, 0.29) is 5.91 Å². The minimum absolute atomic E-state index is 0.0482. The van der Waals surface area contributed by atoms with Gasteiger partial charge in [0, 0.05) is 23.7 Å². The fourth-order valence-corrected chi connectivity index (χ4v) is 3.52. The first kappa shape index (κ1) is 17.5. The van der Waals surface area contributed by atoms with Crippen molar-refractivity contribution in [2.24, 2.45) is 5.92 Å². The Morgan fingerprint density at radius 2 is 1.88 bits per heavy atom. The highest BCUT2D eigenvalue weighted by Crippen LogP contribution is 2.35.